The predicted molar refractivity (Wildman–Crippen MR) is 93.6 cm³/mol. The highest BCUT2D eigenvalue weighted by Gasteiger charge is 2.29. The molecule has 1 aromatic carbocycles. The minimum Gasteiger partial charge on any atom is -0.480 e. The number of carboxylic acid groups (broad SMARTS) is 1. The summed E-state index contributed by atoms with van der Waals surface area (Å²) >= 11 is 0. The van der Waals surface area contributed by atoms with E-state index < -0.39 is 18.1 Å². The van der Waals surface area contributed by atoms with Crippen LogP contribution in [-0.2, 0) is 20.9 Å². The van der Waals surface area contributed by atoms with Crippen LogP contribution in [0.5, 0.6) is 0 Å². The molecule has 0 heterocycles. The van der Waals surface area contributed by atoms with Gasteiger partial charge in [0.2, 0.25) is 5.91 Å². The fourth-order valence-corrected chi connectivity index (χ4v) is 2.50. The molecule has 0 bridgehead atoms. The second-order valence-electron chi connectivity index (χ2n) is 5.94. The van der Waals surface area contributed by atoms with Gasteiger partial charge in [-0.1, -0.05) is 63.4 Å². The molecule has 0 aliphatic rings. The summed E-state index contributed by atoms with van der Waals surface area (Å²) in [5.41, 5.74) is 0.978. The zero-order chi connectivity index (χ0) is 17.8. The summed E-state index contributed by atoms with van der Waals surface area (Å²) in [6.07, 6.45) is 4.29. The lowest BCUT2D eigenvalue weighted by molar-refractivity contribution is -0.147. The van der Waals surface area contributed by atoms with Gasteiger partial charge in [-0.2, -0.15) is 0 Å². The van der Waals surface area contributed by atoms with E-state index in [0.717, 1.165) is 31.2 Å². The molecule has 0 aliphatic heterocycles. The summed E-state index contributed by atoms with van der Waals surface area (Å²) in [5.74, 6) is -1.28. The number of nitrogens with one attached hydrogen (secondary N) is 1. The van der Waals surface area contributed by atoms with Crippen molar-refractivity contribution < 1.29 is 19.4 Å². The standard InChI is InChI=1S/C19H29NO4/c1-3-5-6-10-13-17(21)20-18(19(22)23)16(4-2)24-14-15-11-8-7-9-12-15/h7-9,11-12,16,18H,3-6,10,13-14H2,1-2H3,(H,20,21)(H,22,23)/t16-,18+/m0/s1. The van der Waals surface area contributed by atoms with Gasteiger partial charge in [0.05, 0.1) is 12.7 Å². The number of carbonyl (C=O) groups excluding carboxylic acids is 1. The van der Waals surface area contributed by atoms with E-state index in [9.17, 15) is 14.7 Å². The van der Waals surface area contributed by atoms with Gasteiger partial charge in [-0.3, -0.25) is 4.79 Å². The molecule has 0 radical (unpaired) electrons. The maximum Gasteiger partial charge on any atom is 0.328 e. The maximum atomic E-state index is 12.0. The van der Waals surface area contributed by atoms with Gasteiger partial charge in [0.15, 0.2) is 6.04 Å². The summed E-state index contributed by atoms with van der Waals surface area (Å²) in [6.45, 7) is 4.30. The smallest absolute Gasteiger partial charge is 0.328 e. The van der Waals surface area contributed by atoms with Crippen LogP contribution in [0.4, 0.5) is 0 Å². The Hall–Kier alpha value is -1.88. The Labute approximate surface area is 144 Å². The molecule has 134 valence electrons. The van der Waals surface area contributed by atoms with Crippen LogP contribution >= 0.6 is 0 Å². The van der Waals surface area contributed by atoms with E-state index in [1.165, 1.54) is 0 Å². The average Bonchev–Trinajstić information content (AvgIpc) is 2.59. The molecule has 0 saturated heterocycles. The third-order valence-electron chi connectivity index (χ3n) is 3.92. The summed E-state index contributed by atoms with van der Waals surface area (Å²) in [7, 11) is 0. The number of unbranched alkanes of at least 4 members (excludes halogenated alkanes) is 3. The SMILES string of the molecule is CCCCCCC(=O)N[C@@H](C(=O)O)[C@H](CC)OCc1ccccc1. The summed E-state index contributed by atoms with van der Waals surface area (Å²) < 4.78 is 5.75. The molecule has 0 fully saturated rings. The number of amides is 1. The van der Waals surface area contributed by atoms with Crippen LogP contribution in [0.15, 0.2) is 30.3 Å². The molecule has 5 nitrogen and oxygen atoms in total. The summed E-state index contributed by atoms with van der Waals surface area (Å²) in [5, 5.41) is 12.1. The number of hydrogen-bond acceptors (Lipinski definition) is 3. The quantitative estimate of drug-likeness (QED) is 0.573. The third-order valence-corrected chi connectivity index (χ3v) is 3.92. The van der Waals surface area contributed by atoms with Gasteiger partial charge in [0.1, 0.15) is 0 Å². The molecule has 2 N–H and O–H groups in total. The highest BCUT2D eigenvalue weighted by molar-refractivity contribution is 5.83. The molecule has 2 atom stereocenters. The third kappa shape index (κ3) is 7.59. The van der Waals surface area contributed by atoms with Crippen molar-refractivity contribution in [1.29, 1.82) is 0 Å². The lowest BCUT2D eigenvalue weighted by Gasteiger charge is -2.24. The minimum absolute atomic E-state index is 0.222. The summed E-state index contributed by atoms with van der Waals surface area (Å²) in [6, 6.07) is 8.57. The van der Waals surface area contributed by atoms with Crippen LogP contribution in [0.3, 0.4) is 0 Å². The first kappa shape index (κ1) is 20.2. The molecule has 0 spiro atoms. The Balaban J connectivity index is 2.53. The van der Waals surface area contributed by atoms with Crippen molar-refractivity contribution in [1.82, 2.24) is 5.32 Å². The number of benzene rings is 1. The first-order valence-corrected chi connectivity index (χ1v) is 8.76. The highest BCUT2D eigenvalue weighted by atomic mass is 16.5. The number of rotatable bonds is 12. The molecule has 1 rings (SSSR count). The average molecular weight is 335 g/mol. The molecule has 0 aliphatic carbocycles. The molecular weight excluding hydrogens is 306 g/mol. The fourth-order valence-electron chi connectivity index (χ4n) is 2.50. The van der Waals surface area contributed by atoms with Crippen molar-refractivity contribution in [2.45, 2.75) is 71.1 Å². The lowest BCUT2D eigenvalue weighted by atomic mass is 10.1. The van der Waals surface area contributed by atoms with E-state index in [0.29, 0.717) is 19.4 Å². The monoisotopic (exact) mass is 335 g/mol. The van der Waals surface area contributed by atoms with Crippen molar-refractivity contribution in [3.05, 3.63) is 35.9 Å². The molecular formula is C19H29NO4. The van der Waals surface area contributed by atoms with Crippen molar-refractivity contribution >= 4 is 11.9 Å². The van der Waals surface area contributed by atoms with E-state index in [4.69, 9.17) is 4.74 Å². The van der Waals surface area contributed by atoms with Gasteiger partial charge in [-0.15, -0.1) is 0 Å². The molecule has 24 heavy (non-hydrogen) atoms. The van der Waals surface area contributed by atoms with Gasteiger partial charge in [0.25, 0.3) is 0 Å². The fraction of sp³-hybridized carbons (Fsp3) is 0.579. The van der Waals surface area contributed by atoms with E-state index >= 15 is 0 Å². The van der Waals surface area contributed by atoms with Crippen molar-refractivity contribution in [3.63, 3.8) is 0 Å². The van der Waals surface area contributed by atoms with E-state index in [2.05, 4.69) is 12.2 Å². The topological polar surface area (TPSA) is 75.6 Å². The van der Waals surface area contributed by atoms with Crippen LogP contribution in [0.25, 0.3) is 0 Å². The minimum atomic E-state index is -1.06. The molecule has 0 saturated carbocycles. The number of hydrogen-bond donors (Lipinski definition) is 2. The Morgan fingerprint density at radius 1 is 1.12 bits per heavy atom. The van der Waals surface area contributed by atoms with Crippen LogP contribution in [0, 0.1) is 0 Å². The first-order valence-electron chi connectivity index (χ1n) is 8.76. The van der Waals surface area contributed by atoms with Gasteiger partial charge >= 0.3 is 5.97 Å². The van der Waals surface area contributed by atoms with Gasteiger partial charge in [-0.25, -0.2) is 4.79 Å². The second kappa shape index (κ2) is 11.6. The van der Waals surface area contributed by atoms with Crippen LogP contribution in [0.2, 0.25) is 0 Å². The summed E-state index contributed by atoms with van der Waals surface area (Å²) in [4.78, 5) is 23.5. The van der Waals surface area contributed by atoms with Crippen LogP contribution < -0.4 is 5.32 Å². The number of ether oxygens (including phenoxy) is 1. The second-order valence-corrected chi connectivity index (χ2v) is 5.94. The van der Waals surface area contributed by atoms with E-state index in [1.54, 1.807) is 0 Å². The lowest BCUT2D eigenvalue weighted by Crippen LogP contribution is -2.49. The molecule has 1 amide bonds. The number of carbonyl (C=O) groups is 2. The Morgan fingerprint density at radius 2 is 1.83 bits per heavy atom. The van der Waals surface area contributed by atoms with Gasteiger partial charge in [0, 0.05) is 6.42 Å². The van der Waals surface area contributed by atoms with Gasteiger partial charge < -0.3 is 15.2 Å². The van der Waals surface area contributed by atoms with Crippen molar-refractivity contribution in [2.75, 3.05) is 0 Å². The van der Waals surface area contributed by atoms with Crippen molar-refractivity contribution in [2.24, 2.45) is 0 Å². The number of carboxylic acids is 1. The van der Waals surface area contributed by atoms with Gasteiger partial charge in [-0.05, 0) is 18.4 Å². The maximum absolute atomic E-state index is 12.0. The Morgan fingerprint density at radius 3 is 2.42 bits per heavy atom. The first-order chi connectivity index (χ1) is 11.6. The zero-order valence-electron chi connectivity index (χ0n) is 14.7. The molecule has 5 heteroatoms. The Bertz CT molecular complexity index is 489. The molecule has 1 aromatic rings. The normalized spacial score (nSPS) is 13.2. The van der Waals surface area contributed by atoms with Crippen LogP contribution in [0.1, 0.15) is 57.9 Å². The predicted octanol–water partition coefficient (Wildman–Crippen LogP) is 3.52. The largest absolute Gasteiger partial charge is 0.480 e. The molecule has 0 aromatic heterocycles. The van der Waals surface area contributed by atoms with E-state index in [-0.39, 0.29) is 5.91 Å². The van der Waals surface area contributed by atoms with Crippen LogP contribution in [-0.4, -0.2) is 29.1 Å². The zero-order valence-corrected chi connectivity index (χ0v) is 14.7. The molecule has 0 unspecified atom stereocenters. The van der Waals surface area contributed by atoms with E-state index in [1.807, 2.05) is 37.3 Å². The number of aliphatic carboxylic acids is 1. The highest BCUT2D eigenvalue weighted by Crippen LogP contribution is 2.11. The Kier molecular flexibility index (Phi) is 9.77. The van der Waals surface area contributed by atoms with Crippen molar-refractivity contribution in [3.8, 4) is 0 Å².